The number of carbonyl (C=O) groups excluding carboxylic acids is 3. The lowest BCUT2D eigenvalue weighted by Crippen LogP contribution is -2.63. The molecule has 0 aromatic carbocycles. The van der Waals surface area contributed by atoms with Crippen molar-refractivity contribution in [2.24, 2.45) is 23.2 Å². The van der Waals surface area contributed by atoms with E-state index in [-0.39, 0.29) is 36.4 Å². The van der Waals surface area contributed by atoms with Crippen LogP contribution in [0.15, 0.2) is 12.7 Å². The maximum absolute atomic E-state index is 14.9. The summed E-state index contributed by atoms with van der Waals surface area (Å²) in [5, 5.41) is 10.6. The molecule has 8 heteroatoms. The number of ether oxygens (including phenoxy) is 2. The average molecular weight is 549 g/mol. The van der Waals surface area contributed by atoms with Gasteiger partial charge in [-0.1, -0.05) is 54.0 Å². The molecule has 0 aliphatic carbocycles. The van der Waals surface area contributed by atoms with Crippen LogP contribution in [0.4, 0.5) is 0 Å². The topological polar surface area (TPSA) is 96.4 Å². The normalized spacial score (nSPS) is 31.7. The Bertz CT molecular complexity index is 957. The number of aliphatic hydroxyl groups is 1. The molecule has 0 saturated carbocycles. The fraction of sp³-hybridized carbons (Fsp3) is 0.839. The first-order chi connectivity index (χ1) is 18.1. The van der Waals surface area contributed by atoms with E-state index in [0.29, 0.717) is 25.8 Å². The number of likely N-dealkylation sites (tertiary alicyclic amines) is 1. The van der Waals surface area contributed by atoms with Gasteiger partial charge >= 0.3 is 5.97 Å². The van der Waals surface area contributed by atoms with Crippen LogP contribution in [0.5, 0.6) is 0 Å². The van der Waals surface area contributed by atoms with E-state index in [2.05, 4.69) is 41.2 Å². The van der Waals surface area contributed by atoms with Gasteiger partial charge in [0.15, 0.2) is 0 Å². The molecule has 0 aromatic heterocycles. The number of amides is 2. The maximum Gasteiger partial charge on any atom is 0.312 e. The first-order valence-corrected chi connectivity index (χ1v) is 14.8. The Morgan fingerprint density at radius 2 is 1.87 bits per heavy atom. The van der Waals surface area contributed by atoms with Gasteiger partial charge in [-0.2, -0.15) is 0 Å². The van der Waals surface area contributed by atoms with Gasteiger partial charge in [0.2, 0.25) is 11.8 Å². The molecule has 3 rings (SSSR count). The zero-order valence-electron chi connectivity index (χ0n) is 25.7. The molecule has 1 spiro atoms. The number of carbonyl (C=O) groups is 3. The van der Waals surface area contributed by atoms with Gasteiger partial charge < -0.3 is 24.4 Å². The monoisotopic (exact) mass is 548 g/mol. The number of esters is 1. The minimum Gasteiger partial charge on any atom is -0.466 e. The standard InChI is InChI=1S/C31H52N2O6/c1-11-17-32(29(9,10)19-28(6,7)8)26(36)24-31-16-15-30(13-3,39-31)23(27(37)38-14-4)22(31)25(35)33(24)21(18-34)20(5)12-2/h11,20-24,34H,1,12-19H2,2-10H3/t20-,21-,22-,23+,24?,30-,31?/m0/s1. The molecule has 3 saturated heterocycles. The molecule has 2 bridgehead atoms. The van der Waals surface area contributed by atoms with Gasteiger partial charge in [0.25, 0.3) is 0 Å². The Labute approximate surface area is 235 Å². The van der Waals surface area contributed by atoms with Gasteiger partial charge in [0, 0.05) is 12.1 Å². The summed E-state index contributed by atoms with van der Waals surface area (Å²) in [6, 6.07) is -1.52. The first-order valence-electron chi connectivity index (χ1n) is 14.8. The van der Waals surface area contributed by atoms with E-state index in [1.807, 2.05) is 25.7 Å². The molecule has 1 N–H and O–H groups in total. The Hall–Kier alpha value is -1.93. The van der Waals surface area contributed by atoms with Crippen molar-refractivity contribution >= 4 is 17.8 Å². The Balaban J connectivity index is 2.22. The smallest absolute Gasteiger partial charge is 0.312 e. The molecular formula is C31H52N2O6. The van der Waals surface area contributed by atoms with Crippen LogP contribution in [-0.4, -0.2) is 81.3 Å². The van der Waals surface area contributed by atoms with Gasteiger partial charge in [-0.3, -0.25) is 14.4 Å². The Kier molecular flexibility index (Phi) is 9.04. The fourth-order valence-electron chi connectivity index (χ4n) is 8.00. The summed E-state index contributed by atoms with van der Waals surface area (Å²) in [6.07, 6.45) is 4.80. The zero-order chi connectivity index (χ0) is 29.6. The quantitative estimate of drug-likeness (QED) is 0.288. The van der Waals surface area contributed by atoms with Crippen molar-refractivity contribution in [2.75, 3.05) is 19.8 Å². The lowest BCUT2D eigenvalue weighted by atomic mass is 9.65. The van der Waals surface area contributed by atoms with Crippen LogP contribution in [0.25, 0.3) is 0 Å². The second-order valence-corrected chi connectivity index (χ2v) is 13.8. The predicted octanol–water partition coefficient (Wildman–Crippen LogP) is 4.34. The minimum atomic E-state index is -1.15. The van der Waals surface area contributed by atoms with E-state index >= 15 is 0 Å². The van der Waals surface area contributed by atoms with Gasteiger partial charge in [-0.15, -0.1) is 6.58 Å². The first kappa shape index (κ1) is 31.6. The molecule has 3 fully saturated rings. The van der Waals surface area contributed by atoms with Crippen LogP contribution >= 0.6 is 0 Å². The summed E-state index contributed by atoms with van der Waals surface area (Å²) < 4.78 is 12.4. The number of aliphatic hydroxyl groups excluding tert-OH is 1. The van der Waals surface area contributed by atoms with Crippen molar-refractivity contribution in [3.8, 4) is 0 Å². The van der Waals surface area contributed by atoms with E-state index in [1.165, 1.54) is 0 Å². The lowest BCUT2D eigenvalue weighted by Gasteiger charge is -2.47. The van der Waals surface area contributed by atoms with Crippen molar-refractivity contribution in [2.45, 2.75) is 123 Å². The summed E-state index contributed by atoms with van der Waals surface area (Å²) in [5.41, 5.74) is -2.59. The third-order valence-corrected chi connectivity index (χ3v) is 9.51. The van der Waals surface area contributed by atoms with Crippen LogP contribution in [0.2, 0.25) is 0 Å². The van der Waals surface area contributed by atoms with Gasteiger partial charge in [0.1, 0.15) is 17.6 Å². The summed E-state index contributed by atoms with van der Waals surface area (Å²) in [7, 11) is 0. The Morgan fingerprint density at radius 1 is 1.23 bits per heavy atom. The SMILES string of the molecule is C=CCN(C(=O)C1N([C@@H](CO)[C@@H](C)CC)C(=O)[C@@H]2[C@H](C(=O)OCC)[C@]3(CC)CCC12O3)C(C)(C)CC(C)(C)C. The molecule has 8 nitrogen and oxygen atoms in total. The van der Waals surface area contributed by atoms with E-state index < -0.39 is 46.6 Å². The third kappa shape index (κ3) is 5.16. The summed E-state index contributed by atoms with van der Waals surface area (Å²) in [6.45, 7) is 22.4. The highest BCUT2D eigenvalue weighted by Crippen LogP contribution is 2.65. The minimum absolute atomic E-state index is 0.0524. The lowest BCUT2D eigenvalue weighted by molar-refractivity contribution is -0.165. The predicted molar refractivity (Wildman–Crippen MR) is 151 cm³/mol. The van der Waals surface area contributed by atoms with E-state index in [0.717, 1.165) is 12.8 Å². The van der Waals surface area contributed by atoms with Crippen LogP contribution in [0, 0.1) is 23.2 Å². The van der Waals surface area contributed by atoms with Crippen LogP contribution < -0.4 is 0 Å². The average Bonchev–Trinajstić information content (AvgIpc) is 3.45. The van der Waals surface area contributed by atoms with Crippen molar-refractivity contribution in [3.05, 3.63) is 12.7 Å². The molecule has 0 radical (unpaired) electrons. The van der Waals surface area contributed by atoms with Crippen LogP contribution in [-0.2, 0) is 23.9 Å². The highest BCUT2D eigenvalue weighted by atomic mass is 16.6. The van der Waals surface area contributed by atoms with Crippen molar-refractivity contribution in [1.29, 1.82) is 0 Å². The van der Waals surface area contributed by atoms with E-state index in [4.69, 9.17) is 9.47 Å². The fourth-order valence-corrected chi connectivity index (χ4v) is 8.00. The van der Waals surface area contributed by atoms with E-state index in [1.54, 1.807) is 17.9 Å². The molecule has 3 heterocycles. The number of rotatable bonds is 12. The summed E-state index contributed by atoms with van der Waals surface area (Å²) >= 11 is 0. The molecule has 2 unspecified atom stereocenters. The molecule has 222 valence electrons. The van der Waals surface area contributed by atoms with Gasteiger partial charge in [0.05, 0.1) is 30.8 Å². The maximum atomic E-state index is 14.9. The van der Waals surface area contributed by atoms with Gasteiger partial charge in [-0.25, -0.2) is 0 Å². The van der Waals surface area contributed by atoms with Gasteiger partial charge in [-0.05, 0) is 57.8 Å². The molecule has 2 amide bonds. The molecule has 39 heavy (non-hydrogen) atoms. The summed E-state index contributed by atoms with van der Waals surface area (Å²) in [4.78, 5) is 46.2. The highest BCUT2D eigenvalue weighted by molar-refractivity contribution is 5.99. The van der Waals surface area contributed by atoms with E-state index in [9.17, 15) is 19.5 Å². The molecule has 3 aliphatic rings. The number of hydrogen-bond donors (Lipinski definition) is 1. The highest BCUT2D eigenvalue weighted by Gasteiger charge is 2.80. The molecule has 0 aromatic rings. The van der Waals surface area contributed by atoms with Crippen molar-refractivity contribution < 1.29 is 29.0 Å². The largest absolute Gasteiger partial charge is 0.466 e. The second-order valence-electron chi connectivity index (χ2n) is 13.8. The van der Waals surface area contributed by atoms with Crippen molar-refractivity contribution in [1.82, 2.24) is 9.80 Å². The molecular weight excluding hydrogens is 496 g/mol. The number of fused-ring (bicyclic) bond motifs is 1. The summed E-state index contributed by atoms with van der Waals surface area (Å²) in [5.74, 6) is -2.60. The number of hydrogen-bond acceptors (Lipinski definition) is 6. The second kappa shape index (κ2) is 11.2. The molecule has 7 atom stereocenters. The Morgan fingerprint density at radius 3 is 2.36 bits per heavy atom. The van der Waals surface area contributed by atoms with Crippen LogP contribution in [0.1, 0.15) is 94.4 Å². The zero-order valence-corrected chi connectivity index (χ0v) is 25.7. The van der Waals surface area contributed by atoms with Crippen LogP contribution in [0.3, 0.4) is 0 Å². The molecule has 3 aliphatic heterocycles. The third-order valence-electron chi connectivity index (χ3n) is 9.51. The van der Waals surface area contributed by atoms with Crippen molar-refractivity contribution in [3.63, 3.8) is 0 Å². The number of nitrogens with zero attached hydrogens (tertiary/aromatic N) is 2.